The molecule has 3 aromatic rings. The molecule has 0 saturated carbocycles. The third-order valence-corrected chi connectivity index (χ3v) is 3.91. The first kappa shape index (κ1) is 13.8. The van der Waals surface area contributed by atoms with Gasteiger partial charge in [0.05, 0.1) is 5.52 Å². The van der Waals surface area contributed by atoms with Gasteiger partial charge in [-0.1, -0.05) is 40.2 Å². The van der Waals surface area contributed by atoms with Crippen molar-refractivity contribution < 1.29 is 4.79 Å². The maximum absolute atomic E-state index is 12.5. The Balaban J connectivity index is 2.00. The van der Waals surface area contributed by atoms with Crippen LogP contribution in [-0.2, 0) is 7.05 Å². The molecule has 0 spiro atoms. The lowest BCUT2D eigenvalue weighted by Crippen LogP contribution is -2.14. The van der Waals surface area contributed by atoms with Crippen LogP contribution in [0.3, 0.4) is 0 Å². The molecule has 0 aliphatic heterocycles. The largest absolute Gasteiger partial charge is 0.320 e. The minimum absolute atomic E-state index is 0.201. The summed E-state index contributed by atoms with van der Waals surface area (Å²) in [6.45, 7) is 1.96. The van der Waals surface area contributed by atoms with Crippen LogP contribution in [0.4, 0.5) is 5.69 Å². The second-order valence-corrected chi connectivity index (χ2v) is 5.82. The van der Waals surface area contributed by atoms with Crippen LogP contribution in [0.15, 0.2) is 46.9 Å². The minimum atomic E-state index is -0.201. The SMILES string of the molecule is Cc1ccc(Br)cc1NC(=O)c1nn(C)c2ccccc12. The number of carbonyl (C=O) groups excluding carboxylic acids is 1. The van der Waals surface area contributed by atoms with Crippen LogP contribution in [-0.4, -0.2) is 15.7 Å². The van der Waals surface area contributed by atoms with Gasteiger partial charge in [-0.05, 0) is 30.7 Å². The van der Waals surface area contributed by atoms with Gasteiger partial charge >= 0.3 is 0 Å². The Hall–Kier alpha value is -2.14. The second kappa shape index (κ2) is 5.33. The molecule has 2 aromatic carbocycles. The Kier molecular flexibility index (Phi) is 3.51. The lowest BCUT2D eigenvalue weighted by Gasteiger charge is -2.07. The number of amides is 1. The highest BCUT2D eigenvalue weighted by Gasteiger charge is 2.16. The average Bonchev–Trinajstić information content (AvgIpc) is 2.81. The van der Waals surface area contributed by atoms with Crippen LogP contribution >= 0.6 is 15.9 Å². The summed E-state index contributed by atoms with van der Waals surface area (Å²) in [4.78, 5) is 12.5. The van der Waals surface area contributed by atoms with Gasteiger partial charge in [0.15, 0.2) is 5.69 Å². The van der Waals surface area contributed by atoms with Crippen molar-refractivity contribution in [2.24, 2.45) is 7.05 Å². The molecule has 1 N–H and O–H groups in total. The van der Waals surface area contributed by atoms with Gasteiger partial charge in [-0.25, -0.2) is 0 Å². The molecule has 1 amide bonds. The molecule has 0 saturated heterocycles. The van der Waals surface area contributed by atoms with E-state index in [9.17, 15) is 4.79 Å². The number of hydrogen-bond acceptors (Lipinski definition) is 2. The van der Waals surface area contributed by atoms with Gasteiger partial charge in [0.1, 0.15) is 0 Å². The molecular weight excluding hydrogens is 330 g/mol. The van der Waals surface area contributed by atoms with E-state index in [2.05, 4.69) is 26.3 Å². The highest BCUT2D eigenvalue weighted by Crippen LogP contribution is 2.23. The molecule has 0 unspecified atom stereocenters. The number of carbonyl (C=O) groups is 1. The highest BCUT2D eigenvalue weighted by molar-refractivity contribution is 9.10. The van der Waals surface area contributed by atoms with Crippen molar-refractivity contribution in [2.75, 3.05) is 5.32 Å². The standard InChI is InChI=1S/C16H14BrN3O/c1-10-7-8-11(17)9-13(10)18-16(21)15-12-5-3-4-6-14(12)20(2)19-15/h3-9H,1-2H3,(H,18,21). The summed E-state index contributed by atoms with van der Waals surface area (Å²) in [6, 6.07) is 13.5. The maximum Gasteiger partial charge on any atom is 0.276 e. The van der Waals surface area contributed by atoms with Crippen molar-refractivity contribution in [1.82, 2.24) is 9.78 Å². The molecule has 0 atom stereocenters. The van der Waals surface area contributed by atoms with Crippen molar-refractivity contribution in [1.29, 1.82) is 0 Å². The van der Waals surface area contributed by atoms with Crippen molar-refractivity contribution in [3.05, 3.63) is 58.2 Å². The normalized spacial score (nSPS) is 10.8. The molecule has 106 valence electrons. The fraction of sp³-hybridized carbons (Fsp3) is 0.125. The topological polar surface area (TPSA) is 46.9 Å². The molecule has 5 heteroatoms. The Labute approximate surface area is 130 Å². The van der Waals surface area contributed by atoms with Crippen molar-refractivity contribution in [2.45, 2.75) is 6.92 Å². The van der Waals surface area contributed by atoms with Crippen LogP contribution < -0.4 is 5.32 Å². The van der Waals surface area contributed by atoms with E-state index in [4.69, 9.17) is 0 Å². The molecule has 0 aliphatic rings. The van der Waals surface area contributed by atoms with E-state index in [1.165, 1.54) is 0 Å². The second-order valence-electron chi connectivity index (χ2n) is 4.90. The summed E-state index contributed by atoms with van der Waals surface area (Å²) >= 11 is 3.42. The van der Waals surface area contributed by atoms with E-state index in [0.717, 1.165) is 26.6 Å². The number of fused-ring (bicyclic) bond motifs is 1. The monoisotopic (exact) mass is 343 g/mol. The number of nitrogens with zero attached hydrogens (tertiary/aromatic N) is 2. The molecule has 3 rings (SSSR count). The Morgan fingerprint density at radius 3 is 2.81 bits per heavy atom. The molecule has 21 heavy (non-hydrogen) atoms. The number of aromatic nitrogens is 2. The zero-order chi connectivity index (χ0) is 15.0. The predicted molar refractivity (Wildman–Crippen MR) is 87.5 cm³/mol. The lowest BCUT2D eigenvalue weighted by molar-refractivity contribution is 0.102. The smallest absolute Gasteiger partial charge is 0.276 e. The van der Waals surface area contributed by atoms with E-state index < -0.39 is 0 Å². The molecule has 4 nitrogen and oxygen atoms in total. The number of anilines is 1. The molecule has 1 aromatic heterocycles. The Morgan fingerprint density at radius 1 is 1.24 bits per heavy atom. The van der Waals surface area contributed by atoms with Gasteiger partial charge in [-0.15, -0.1) is 0 Å². The van der Waals surface area contributed by atoms with Gasteiger partial charge in [-0.3, -0.25) is 9.48 Å². The first-order valence-electron chi connectivity index (χ1n) is 6.55. The van der Waals surface area contributed by atoms with Crippen LogP contribution in [0, 0.1) is 6.92 Å². The number of aryl methyl sites for hydroxylation is 2. The van der Waals surface area contributed by atoms with E-state index in [-0.39, 0.29) is 5.91 Å². The molecule has 0 radical (unpaired) electrons. The van der Waals surface area contributed by atoms with Crippen molar-refractivity contribution in [3.63, 3.8) is 0 Å². The number of para-hydroxylation sites is 1. The fourth-order valence-electron chi connectivity index (χ4n) is 2.29. The number of halogens is 1. The zero-order valence-electron chi connectivity index (χ0n) is 11.7. The number of benzene rings is 2. The molecule has 0 fully saturated rings. The van der Waals surface area contributed by atoms with E-state index in [0.29, 0.717) is 5.69 Å². The fourth-order valence-corrected chi connectivity index (χ4v) is 2.65. The van der Waals surface area contributed by atoms with Gasteiger partial charge in [0, 0.05) is 22.6 Å². The Morgan fingerprint density at radius 2 is 2.00 bits per heavy atom. The first-order chi connectivity index (χ1) is 10.1. The third-order valence-electron chi connectivity index (χ3n) is 3.42. The van der Waals surface area contributed by atoms with Gasteiger partial charge in [-0.2, -0.15) is 5.10 Å². The highest BCUT2D eigenvalue weighted by atomic mass is 79.9. The van der Waals surface area contributed by atoms with E-state index in [1.54, 1.807) is 4.68 Å². The molecule has 1 heterocycles. The van der Waals surface area contributed by atoms with Gasteiger partial charge in [0.25, 0.3) is 5.91 Å². The maximum atomic E-state index is 12.5. The summed E-state index contributed by atoms with van der Waals surface area (Å²) < 4.78 is 2.65. The molecule has 0 aliphatic carbocycles. The van der Waals surface area contributed by atoms with Crippen LogP contribution in [0.2, 0.25) is 0 Å². The molecular formula is C16H14BrN3O. The molecule has 0 bridgehead atoms. The summed E-state index contributed by atoms with van der Waals surface area (Å²) in [5.74, 6) is -0.201. The predicted octanol–water partition coefficient (Wildman–Crippen LogP) is 3.90. The zero-order valence-corrected chi connectivity index (χ0v) is 13.3. The minimum Gasteiger partial charge on any atom is -0.320 e. The van der Waals surface area contributed by atoms with Crippen LogP contribution in [0.1, 0.15) is 16.1 Å². The number of hydrogen-bond donors (Lipinski definition) is 1. The van der Waals surface area contributed by atoms with Gasteiger partial charge < -0.3 is 5.32 Å². The number of nitrogens with one attached hydrogen (secondary N) is 1. The Bertz CT molecular complexity index is 839. The summed E-state index contributed by atoms with van der Waals surface area (Å²) in [5, 5.41) is 8.11. The average molecular weight is 344 g/mol. The van der Waals surface area contributed by atoms with Crippen LogP contribution in [0.5, 0.6) is 0 Å². The van der Waals surface area contributed by atoms with Crippen LogP contribution in [0.25, 0.3) is 10.9 Å². The summed E-state index contributed by atoms with van der Waals surface area (Å²) in [5.41, 5.74) is 3.16. The quantitative estimate of drug-likeness (QED) is 0.767. The first-order valence-corrected chi connectivity index (χ1v) is 7.35. The lowest BCUT2D eigenvalue weighted by atomic mass is 10.1. The van der Waals surface area contributed by atoms with E-state index in [1.807, 2.05) is 56.4 Å². The number of rotatable bonds is 2. The van der Waals surface area contributed by atoms with Crippen molar-refractivity contribution in [3.8, 4) is 0 Å². The summed E-state index contributed by atoms with van der Waals surface area (Å²) in [6.07, 6.45) is 0. The van der Waals surface area contributed by atoms with Gasteiger partial charge in [0.2, 0.25) is 0 Å². The van der Waals surface area contributed by atoms with E-state index >= 15 is 0 Å². The third kappa shape index (κ3) is 2.56. The summed E-state index contributed by atoms with van der Waals surface area (Å²) in [7, 11) is 1.84. The van der Waals surface area contributed by atoms with Crippen molar-refractivity contribution >= 4 is 38.4 Å².